The number of H-pyrrole nitrogens is 2. The van der Waals surface area contributed by atoms with Gasteiger partial charge in [-0.15, -0.1) is 0 Å². The van der Waals surface area contributed by atoms with Crippen LogP contribution in [0.25, 0.3) is 22.3 Å². The van der Waals surface area contributed by atoms with Gasteiger partial charge in [-0.1, -0.05) is 30.3 Å². The maximum Gasteiger partial charge on any atom is 0.319 e. The molecule has 2 heterocycles. The Kier molecular flexibility index (Phi) is 3.67. The number of nitrogens with zero attached hydrogens (tertiary/aromatic N) is 1. The van der Waals surface area contributed by atoms with Crippen LogP contribution in [0.2, 0.25) is 0 Å². The third-order valence-corrected chi connectivity index (χ3v) is 5.07. The number of fused-ring (bicyclic) bond motifs is 5. The van der Waals surface area contributed by atoms with Crippen LogP contribution in [0.4, 0.5) is 10.5 Å². The van der Waals surface area contributed by atoms with Gasteiger partial charge in [-0.3, -0.25) is 5.10 Å². The van der Waals surface area contributed by atoms with Crippen molar-refractivity contribution in [3.63, 3.8) is 0 Å². The minimum Gasteiger partial charge on any atom is -0.353 e. The lowest BCUT2D eigenvalue weighted by Gasteiger charge is -2.11. The Morgan fingerprint density at radius 1 is 1.07 bits per heavy atom. The highest BCUT2D eigenvalue weighted by molar-refractivity contribution is 5.96. The monoisotopic (exact) mass is 357 g/mol. The lowest BCUT2D eigenvalue weighted by atomic mass is 9.94. The van der Waals surface area contributed by atoms with E-state index < -0.39 is 0 Å². The largest absolute Gasteiger partial charge is 0.353 e. The topological polar surface area (TPSA) is 85.6 Å². The average molecular weight is 357 g/mol. The molecule has 0 spiro atoms. The predicted octanol–water partition coefficient (Wildman–Crippen LogP) is 3.98. The van der Waals surface area contributed by atoms with Gasteiger partial charge in [0.15, 0.2) is 0 Å². The minimum absolute atomic E-state index is 0.210. The molecule has 0 bridgehead atoms. The molecular weight excluding hydrogens is 338 g/mol. The van der Waals surface area contributed by atoms with Gasteiger partial charge in [0.05, 0.1) is 17.6 Å². The molecule has 0 aliphatic heterocycles. The Hall–Kier alpha value is -3.54. The number of hydrogen-bond acceptors (Lipinski definition) is 2. The van der Waals surface area contributed by atoms with E-state index in [1.807, 2.05) is 54.7 Å². The van der Waals surface area contributed by atoms with Crippen molar-refractivity contribution in [2.24, 2.45) is 0 Å². The number of amides is 2. The van der Waals surface area contributed by atoms with Crippen molar-refractivity contribution in [2.75, 3.05) is 5.32 Å². The van der Waals surface area contributed by atoms with Crippen molar-refractivity contribution in [2.45, 2.75) is 19.4 Å². The quantitative estimate of drug-likeness (QED) is 0.447. The molecule has 2 amide bonds. The molecule has 2 aromatic carbocycles. The summed E-state index contributed by atoms with van der Waals surface area (Å²) in [7, 11) is 0. The second-order valence-corrected chi connectivity index (χ2v) is 6.80. The van der Waals surface area contributed by atoms with E-state index in [1.54, 1.807) is 0 Å². The molecule has 6 heteroatoms. The first-order valence-corrected chi connectivity index (χ1v) is 9.04. The van der Waals surface area contributed by atoms with Crippen LogP contribution in [0.5, 0.6) is 0 Å². The summed E-state index contributed by atoms with van der Waals surface area (Å²) in [6.45, 7) is 0.497. The molecule has 4 N–H and O–H groups in total. The van der Waals surface area contributed by atoms with Crippen LogP contribution in [0.15, 0.2) is 54.7 Å². The highest BCUT2D eigenvalue weighted by Crippen LogP contribution is 2.37. The summed E-state index contributed by atoms with van der Waals surface area (Å²) in [5, 5.41) is 14.2. The van der Waals surface area contributed by atoms with Gasteiger partial charge in [0.2, 0.25) is 0 Å². The molecule has 2 aromatic heterocycles. The van der Waals surface area contributed by atoms with Crippen molar-refractivity contribution in [3.05, 3.63) is 71.4 Å². The molecule has 5 rings (SSSR count). The van der Waals surface area contributed by atoms with Gasteiger partial charge >= 0.3 is 6.03 Å². The molecule has 4 aromatic rings. The SMILES string of the molecule is O=C(NCc1ccccc1)Nc1ccc2[nH]c3c(c2c1)CCc1cn[nH]c1-3. The Balaban J connectivity index is 1.37. The number of aromatic nitrogens is 3. The van der Waals surface area contributed by atoms with Crippen molar-refractivity contribution >= 4 is 22.6 Å². The van der Waals surface area contributed by atoms with Crippen LogP contribution in [0, 0.1) is 0 Å². The number of aryl methyl sites for hydroxylation is 2. The van der Waals surface area contributed by atoms with E-state index in [2.05, 4.69) is 25.8 Å². The van der Waals surface area contributed by atoms with Crippen LogP contribution in [-0.4, -0.2) is 21.2 Å². The van der Waals surface area contributed by atoms with Crippen LogP contribution in [-0.2, 0) is 19.4 Å². The summed E-state index contributed by atoms with van der Waals surface area (Å²) in [5.74, 6) is 0. The van der Waals surface area contributed by atoms with E-state index in [-0.39, 0.29) is 6.03 Å². The van der Waals surface area contributed by atoms with Gasteiger partial charge in [-0.25, -0.2) is 4.79 Å². The zero-order valence-electron chi connectivity index (χ0n) is 14.7. The van der Waals surface area contributed by atoms with Crippen LogP contribution >= 0.6 is 0 Å². The fraction of sp³-hybridized carbons (Fsp3) is 0.143. The smallest absolute Gasteiger partial charge is 0.319 e. The number of nitrogens with one attached hydrogen (secondary N) is 4. The molecular formula is C21H19N5O. The number of aromatic amines is 2. The molecule has 0 saturated carbocycles. The van der Waals surface area contributed by atoms with Gasteiger partial charge in [0.25, 0.3) is 0 Å². The van der Waals surface area contributed by atoms with Gasteiger partial charge in [-0.2, -0.15) is 5.10 Å². The van der Waals surface area contributed by atoms with Gasteiger partial charge in [0.1, 0.15) is 0 Å². The highest BCUT2D eigenvalue weighted by atomic mass is 16.2. The Labute approximate surface area is 156 Å². The lowest BCUT2D eigenvalue weighted by molar-refractivity contribution is 0.251. The summed E-state index contributed by atoms with van der Waals surface area (Å²) in [6.07, 6.45) is 3.83. The van der Waals surface area contributed by atoms with E-state index in [9.17, 15) is 4.79 Å². The Morgan fingerprint density at radius 3 is 2.85 bits per heavy atom. The summed E-state index contributed by atoms with van der Waals surface area (Å²) >= 11 is 0. The first-order chi connectivity index (χ1) is 13.3. The van der Waals surface area contributed by atoms with E-state index in [1.165, 1.54) is 11.1 Å². The van der Waals surface area contributed by atoms with E-state index in [0.717, 1.165) is 46.4 Å². The van der Waals surface area contributed by atoms with E-state index in [4.69, 9.17) is 0 Å². The number of anilines is 1. The highest BCUT2D eigenvalue weighted by Gasteiger charge is 2.22. The van der Waals surface area contributed by atoms with Crippen LogP contribution in [0.1, 0.15) is 16.7 Å². The molecule has 6 nitrogen and oxygen atoms in total. The van der Waals surface area contributed by atoms with Crippen LogP contribution in [0.3, 0.4) is 0 Å². The van der Waals surface area contributed by atoms with E-state index >= 15 is 0 Å². The molecule has 0 saturated heterocycles. The van der Waals surface area contributed by atoms with Gasteiger partial charge in [-0.05, 0) is 47.7 Å². The molecule has 134 valence electrons. The van der Waals surface area contributed by atoms with Crippen molar-refractivity contribution in [3.8, 4) is 11.4 Å². The van der Waals surface area contributed by atoms with Crippen molar-refractivity contribution in [1.29, 1.82) is 0 Å². The van der Waals surface area contributed by atoms with E-state index in [0.29, 0.717) is 6.54 Å². The van der Waals surface area contributed by atoms with Crippen molar-refractivity contribution in [1.82, 2.24) is 20.5 Å². The number of carbonyl (C=O) groups is 1. The number of rotatable bonds is 3. The fourth-order valence-electron chi connectivity index (χ4n) is 3.73. The second-order valence-electron chi connectivity index (χ2n) is 6.80. The third kappa shape index (κ3) is 2.85. The molecule has 0 radical (unpaired) electrons. The average Bonchev–Trinajstić information content (AvgIpc) is 3.31. The molecule has 27 heavy (non-hydrogen) atoms. The summed E-state index contributed by atoms with van der Waals surface area (Å²) < 4.78 is 0. The van der Waals surface area contributed by atoms with Gasteiger partial charge in [0, 0.05) is 23.1 Å². The Bertz CT molecular complexity index is 1130. The summed E-state index contributed by atoms with van der Waals surface area (Å²) in [6, 6.07) is 15.6. The lowest BCUT2D eigenvalue weighted by Crippen LogP contribution is -2.28. The molecule has 1 aliphatic rings. The number of urea groups is 1. The minimum atomic E-state index is -0.210. The molecule has 0 unspecified atom stereocenters. The first-order valence-electron chi connectivity index (χ1n) is 9.04. The second kappa shape index (κ2) is 6.32. The van der Waals surface area contributed by atoms with Crippen molar-refractivity contribution < 1.29 is 4.79 Å². The molecule has 1 aliphatic carbocycles. The molecule has 0 fully saturated rings. The zero-order valence-corrected chi connectivity index (χ0v) is 14.7. The van der Waals surface area contributed by atoms with Gasteiger partial charge < -0.3 is 15.6 Å². The standard InChI is InChI=1S/C21H19N5O/c27-21(22-11-13-4-2-1-3-5-13)24-15-7-9-18-17(10-15)16-8-6-14-12-23-26-19(14)20(16)25-18/h1-5,7,9-10,12,25H,6,8,11H2,(H,23,26)(H2,22,24,27). The summed E-state index contributed by atoms with van der Waals surface area (Å²) in [4.78, 5) is 15.7. The number of hydrogen-bond donors (Lipinski definition) is 4. The zero-order chi connectivity index (χ0) is 18.2. The number of benzene rings is 2. The maximum absolute atomic E-state index is 12.2. The number of carbonyl (C=O) groups excluding carboxylic acids is 1. The fourth-order valence-corrected chi connectivity index (χ4v) is 3.73. The maximum atomic E-state index is 12.2. The normalized spacial score (nSPS) is 12.4. The summed E-state index contributed by atoms with van der Waals surface area (Å²) in [5.41, 5.74) is 7.61. The third-order valence-electron chi connectivity index (χ3n) is 5.07. The first kappa shape index (κ1) is 15.7. The Morgan fingerprint density at radius 2 is 1.96 bits per heavy atom. The molecule has 0 atom stereocenters. The van der Waals surface area contributed by atoms with Crippen LogP contribution < -0.4 is 10.6 Å². The predicted molar refractivity (Wildman–Crippen MR) is 106 cm³/mol.